The minimum absolute atomic E-state index is 0.0940. The molecule has 2 aliphatic rings. The maximum atomic E-state index is 13.9. The Labute approximate surface area is 164 Å². The minimum Gasteiger partial charge on any atom is -0.491 e. The van der Waals surface area contributed by atoms with Crippen LogP contribution in [0.5, 0.6) is 11.5 Å². The predicted octanol–water partition coefficient (Wildman–Crippen LogP) is 3.70. The Morgan fingerprint density at radius 1 is 1.21 bits per heavy atom. The van der Waals surface area contributed by atoms with Crippen molar-refractivity contribution in [1.29, 1.82) is 0 Å². The fraction of sp³-hybridized carbons (Fsp3) is 0.455. The van der Waals surface area contributed by atoms with E-state index in [2.05, 4.69) is 16.3 Å². The van der Waals surface area contributed by atoms with Crippen molar-refractivity contribution in [3.63, 3.8) is 0 Å². The van der Waals surface area contributed by atoms with Gasteiger partial charge in [-0.3, -0.25) is 4.90 Å². The van der Waals surface area contributed by atoms with Gasteiger partial charge in [0.05, 0.1) is 6.10 Å². The molecule has 0 amide bonds. The summed E-state index contributed by atoms with van der Waals surface area (Å²) in [5.74, 6) is -0.0870. The molecule has 1 unspecified atom stereocenters. The lowest BCUT2D eigenvalue weighted by atomic mass is 9.97. The van der Waals surface area contributed by atoms with E-state index >= 15 is 0 Å². The monoisotopic (exact) mass is 388 g/mol. The summed E-state index contributed by atoms with van der Waals surface area (Å²) in [6.45, 7) is 6.94. The molecular formula is C22H26F2N2O2. The van der Waals surface area contributed by atoms with Gasteiger partial charge in [-0.1, -0.05) is 18.2 Å². The van der Waals surface area contributed by atoms with E-state index in [0.29, 0.717) is 18.6 Å². The van der Waals surface area contributed by atoms with Crippen molar-refractivity contribution in [3.8, 4) is 11.5 Å². The first-order valence-corrected chi connectivity index (χ1v) is 9.85. The lowest BCUT2D eigenvalue weighted by molar-refractivity contribution is 0.0870. The Kier molecular flexibility index (Phi) is 5.51. The number of piperazine rings is 1. The molecule has 0 bridgehead atoms. The Morgan fingerprint density at radius 2 is 2.04 bits per heavy atom. The topological polar surface area (TPSA) is 33.7 Å². The smallest absolute Gasteiger partial charge is 0.168 e. The van der Waals surface area contributed by atoms with Crippen LogP contribution in [0, 0.1) is 11.6 Å². The van der Waals surface area contributed by atoms with Crippen molar-refractivity contribution in [2.24, 2.45) is 0 Å². The molecular weight excluding hydrogens is 362 g/mol. The van der Waals surface area contributed by atoms with E-state index < -0.39 is 11.6 Å². The lowest BCUT2D eigenvalue weighted by Crippen LogP contribution is -2.53. The average molecular weight is 388 g/mol. The maximum Gasteiger partial charge on any atom is 0.168 e. The van der Waals surface area contributed by atoms with E-state index in [9.17, 15) is 8.78 Å². The van der Waals surface area contributed by atoms with Crippen molar-refractivity contribution in [3.05, 3.63) is 59.2 Å². The molecule has 0 spiro atoms. The van der Waals surface area contributed by atoms with Crippen molar-refractivity contribution in [1.82, 2.24) is 10.2 Å². The normalized spacial score (nSPS) is 22.6. The summed E-state index contributed by atoms with van der Waals surface area (Å²) >= 11 is 0. The van der Waals surface area contributed by atoms with Crippen LogP contribution in [0.2, 0.25) is 0 Å². The molecule has 0 aliphatic carbocycles. The number of hydrogen-bond donors (Lipinski definition) is 1. The molecule has 1 saturated heterocycles. The Hall–Kier alpha value is -2.18. The van der Waals surface area contributed by atoms with Crippen molar-refractivity contribution in [2.45, 2.75) is 38.5 Å². The molecule has 0 radical (unpaired) electrons. The number of nitrogens with zero attached hydrogens (tertiary/aromatic N) is 1. The summed E-state index contributed by atoms with van der Waals surface area (Å²) in [4.78, 5) is 2.35. The number of hydrogen-bond acceptors (Lipinski definition) is 4. The second kappa shape index (κ2) is 8.05. The molecule has 0 saturated carbocycles. The van der Waals surface area contributed by atoms with Gasteiger partial charge in [0, 0.05) is 48.9 Å². The lowest BCUT2D eigenvalue weighted by Gasteiger charge is -2.41. The number of para-hydroxylation sites is 1. The van der Waals surface area contributed by atoms with Crippen molar-refractivity contribution >= 4 is 0 Å². The zero-order valence-electron chi connectivity index (χ0n) is 16.3. The number of ether oxygens (including phenoxy) is 2. The predicted molar refractivity (Wildman–Crippen MR) is 104 cm³/mol. The van der Waals surface area contributed by atoms with Crippen LogP contribution in [-0.4, -0.2) is 43.3 Å². The van der Waals surface area contributed by atoms with Gasteiger partial charge in [-0.25, -0.2) is 8.78 Å². The average Bonchev–Trinajstić information content (AvgIpc) is 2.67. The van der Waals surface area contributed by atoms with E-state index in [4.69, 9.17) is 9.47 Å². The highest BCUT2D eigenvalue weighted by Gasteiger charge is 2.32. The molecule has 2 aromatic carbocycles. The summed E-state index contributed by atoms with van der Waals surface area (Å²) in [5.41, 5.74) is 1.74. The third-order valence-corrected chi connectivity index (χ3v) is 5.34. The van der Waals surface area contributed by atoms with Crippen molar-refractivity contribution in [2.75, 3.05) is 26.2 Å². The quantitative estimate of drug-likeness (QED) is 0.866. The first kappa shape index (κ1) is 19.2. The summed E-state index contributed by atoms with van der Waals surface area (Å²) in [6, 6.07) is 10.6. The Bertz CT molecular complexity index is 843. The number of halogens is 2. The van der Waals surface area contributed by atoms with Crippen LogP contribution in [0.1, 0.15) is 31.0 Å². The van der Waals surface area contributed by atoms with Crippen LogP contribution in [0.25, 0.3) is 0 Å². The largest absolute Gasteiger partial charge is 0.491 e. The van der Waals surface area contributed by atoms with Gasteiger partial charge in [0.1, 0.15) is 18.2 Å². The Balaban J connectivity index is 1.51. The molecule has 150 valence electrons. The molecule has 2 aromatic rings. The van der Waals surface area contributed by atoms with Gasteiger partial charge in [-0.05, 0) is 32.4 Å². The third kappa shape index (κ3) is 3.98. The van der Waals surface area contributed by atoms with Gasteiger partial charge < -0.3 is 14.8 Å². The summed E-state index contributed by atoms with van der Waals surface area (Å²) < 4.78 is 39.2. The van der Waals surface area contributed by atoms with Gasteiger partial charge in [0.15, 0.2) is 11.6 Å². The molecule has 2 atom stereocenters. The van der Waals surface area contributed by atoms with Gasteiger partial charge in [0.2, 0.25) is 0 Å². The van der Waals surface area contributed by atoms with Gasteiger partial charge >= 0.3 is 0 Å². The van der Waals surface area contributed by atoms with Gasteiger partial charge in [-0.15, -0.1) is 0 Å². The molecule has 28 heavy (non-hydrogen) atoms. The fourth-order valence-corrected chi connectivity index (χ4v) is 4.10. The highest BCUT2D eigenvalue weighted by molar-refractivity contribution is 5.39. The van der Waals surface area contributed by atoms with E-state index in [0.717, 1.165) is 37.0 Å². The standard InChI is InChI=1S/C22H26F2N2O2/c1-14(2)28-21-6-4-3-5-18(21)20-12-26(8-7-25-20)17-10-15-9-16(23)11-19(24)22(15)27-13-17/h3-6,9,11,14,17,20,25H,7-8,10,12-13H2,1-2H3/t17?,20-/m0/s1. The van der Waals surface area contributed by atoms with E-state index in [1.807, 2.05) is 32.0 Å². The zero-order valence-corrected chi connectivity index (χ0v) is 16.3. The van der Waals surface area contributed by atoms with Crippen molar-refractivity contribution < 1.29 is 18.3 Å². The molecule has 1 fully saturated rings. The SMILES string of the molecule is CC(C)Oc1ccccc1[C@@H]1CN(C2COc3c(F)cc(F)cc3C2)CCN1. The number of rotatable bonds is 4. The summed E-state index contributed by atoms with van der Waals surface area (Å²) in [6.07, 6.45) is 0.690. The number of nitrogens with one attached hydrogen (secondary N) is 1. The van der Waals surface area contributed by atoms with Crippen LogP contribution in [-0.2, 0) is 6.42 Å². The molecule has 6 heteroatoms. The first-order chi connectivity index (χ1) is 13.5. The zero-order chi connectivity index (χ0) is 19.7. The molecule has 1 N–H and O–H groups in total. The fourth-order valence-electron chi connectivity index (χ4n) is 4.10. The van der Waals surface area contributed by atoms with E-state index in [1.165, 1.54) is 6.07 Å². The van der Waals surface area contributed by atoms with E-state index in [-0.39, 0.29) is 23.9 Å². The first-order valence-electron chi connectivity index (χ1n) is 9.85. The summed E-state index contributed by atoms with van der Waals surface area (Å²) in [5, 5.41) is 3.57. The van der Waals surface area contributed by atoms with Crippen LogP contribution in [0.4, 0.5) is 8.78 Å². The van der Waals surface area contributed by atoms with Crippen LogP contribution in [0.15, 0.2) is 36.4 Å². The molecule has 0 aromatic heterocycles. The number of benzene rings is 2. The highest BCUT2D eigenvalue weighted by atomic mass is 19.1. The van der Waals surface area contributed by atoms with Gasteiger partial charge in [0.25, 0.3) is 0 Å². The molecule has 2 aliphatic heterocycles. The van der Waals surface area contributed by atoms with Crippen LogP contribution in [0.3, 0.4) is 0 Å². The minimum atomic E-state index is -0.619. The van der Waals surface area contributed by atoms with Crippen LogP contribution < -0.4 is 14.8 Å². The molecule has 4 rings (SSSR count). The van der Waals surface area contributed by atoms with Gasteiger partial charge in [-0.2, -0.15) is 0 Å². The second-order valence-electron chi connectivity index (χ2n) is 7.75. The number of fused-ring (bicyclic) bond motifs is 1. The Morgan fingerprint density at radius 3 is 2.86 bits per heavy atom. The van der Waals surface area contributed by atoms with Crippen LogP contribution >= 0.6 is 0 Å². The highest BCUT2D eigenvalue weighted by Crippen LogP contribution is 2.33. The molecule has 2 heterocycles. The van der Waals surface area contributed by atoms with E-state index in [1.54, 1.807) is 0 Å². The second-order valence-corrected chi connectivity index (χ2v) is 7.75. The summed E-state index contributed by atoms with van der Waals surface area (Å²) in [7, 11) is 0. The third-order valence-electron chi connectivity index (χ3n) is 5.34. The maximum absolute atomic E-state index is 13.9. The molecule has 4 nitrogen and oxygen atoms in total.